The third-order valence-electron chi connectivity index (χ3n) is 24.4. The van der Waals surface area contributed by atoms with E-state index in [9.17, 15) is 89.2 Å². The molecular weight excluding hydrogens is 1680 g/mol. The fourth-order valence-electron chi connectivity index (χ4n) is 18.1. The highest BCUT2D eigenvalue weighted by molar-refractivity contribution is 7.81. The SMILES string of the molecule is N[C@H]1CCN([B]C=O)C1.O=C(N[C@H]1CCNC1)[C@@H]1CC[C@@H]2CN1C(=O)N2OS(=O)(=O)O.O=C(O)[C@@H]1CC[C@@H]2CN1C(=O)N2OCc1ccccc1.O=C[B]N1CC[C@H](NC(=O)[C@@H]2CC[C@@H]3CN2C(=O)N3O)C1.O=C[B]N1CC[C@H](NC(=O)[C@@H]2CC[C@@H]3CN2C(=O)N3OCc2ccccc2)C1.O=C[B]N1CC[C@H](NC(=O)[C@@H]2CC[C@@H]3CN2C(=O)N3OS(=O)(=O)O)C1. The van der Waals surface area contributed by atoms with Gasteiger partial charge in [0.1, 0.15) is 43.4 Å². The van der Waals surface area contributed by atoms with Crippen molar-refractivity contribution in [1.29, 1.82) is 0 Å². The zero-order valence-electron chi connectivity index (χ0n) is 68.6. The summed E-state index contributed by atoms with van der Waals surface area (Å²) in [6.45, 7) is 9.58. The van der Waals surface area contributed by atoms with Crippen molar-refractivity contribution < 1.29 is 122 Å². The Morgan fingerprint density at radius 1 is 0.408 bits per heavy atom. The summed E-state index contributed by atoms with van der Waals surface area (Å²) < 4.78 is 69.5. The van der Waals surface area contributed by atoms with Crippen LogP contribution in [0.4, 0.5) is 24.0 Å². The number of amides is 14. The third-order valence-corrected chi connectivity index (χ3v) is 25.1. The van der Waals surface area contributed by atoms with E-state index < -0.39 is 87.2 Å². The highest BCUT2D eigenvalue weighted by Crippen LogP contribution is 2.36. The zero-order valence-corrected chi connectivity index (χ0v) is 70.2. The first-order chi connectivity index (χ1) is 59.9. The van der Waals surface area contributed by atoms with Gasteiger partial charge < -0.3 is 100 Å². The van der Waals surface area contributed by atoms with Crippen molar-refractivity contribution in [2.75, 3.05) is 98.2 Å². The first kappa shape index (κ1) is 94.6. The summed E-state index contributed by atoms with van der Waals surface area (Å²) in [4.78, 5) is 190. The molecule has 15 atom stereocenters. The molecule has 46 nitrogen and oxygen atoms in total. The lowest BCUT2D eigenvalue weighted by molar-refractivity contribution is -0.143. The fourth-order valence-corrected chi connectivity index (χ4v) is 18.9. The summed E-state index contributed by atoms with van der Waals surface area (Å²) in [6.07, 6.45) is 12.4. The number of carboxylic acid groups (broad SMARTS) is 1. The number of aliphatic carboxylic acids is 1. The number of nitrogens with zero attached hydrogens (tertiary/aromatic N) is 14. The third kappa shape index (κ3) is 24.6. The Labute approximate surface area is 724 Å². The summed E-state index contributed by atoms with van der Waals surface area (Å²) in [7, 11) is -3.62. The molecule has 4 radical (unpaired) electrons. The molecule has 10 bridgehead atoms. The fraction of sp³-hybridized carbons (Fsp3) is 0.644. The van der Waals surface area contributed by atoms with E-state index in [0.29, 0.717) is 146 Å². The molecule has 15 aliphatic rings. The van der Waals surface area contributed by atoms with E-state index in [1.807, 2.05) is 75.1 Å². The Hall–Kier alpha value is -9.54. The smallest absolute Gasteiger partial charge is 0.418 e. The van der Waals surface area contributed by atoms with Gasteiger partial charge in [-0.3, -0.25) is 43.2 Å². The first-order valence-corrected chi connectivity index (χ1v) is 44.5. The van der Waals surface area contributed by atoms with Crippen LogP contribution in [0, 0.1) is 0 Å². The minimum atomic E-state index is -4.81. The molecule has 15 saturated heterocycles. The van der Waals surface area contributed by atoms with E-state index in [4.69, 9.17) is 29.6 Å². The molecule has 52 heteroatoms. The number of carboxylic acids is 1. The molecule has 676 valence electrons. The van der Waals surface area contributed by atoms with Crippen molar-refractivity contribution in [3.63, 3.8) is 0 Å². The molecular formula is C73H104B4N20O26S2. The number of nitrogens with one attached hydrogen (secondary N) is 5. The Morgan fingerprint density at radius 3 is 1.06 bits per heavy atom. The second-order valence-electron chi connectivity index (χ2n) is 32.8. The molecule has 15 heterocycles. The molecule has 14 amide bonds. The number of hydrogen-bond donors (Lipinski definition) is 10. The van der Waals surface area contributed by atoms with Crippen molar-refractivity contribution in [2.45, 2.75) is 200 Å². The lowest BCUT2D eigenvalue weighted by atomic mass is 9.96. The Morgan fingerprint density at radius 2 is 0.720 bits per heavy atom. The van der Waals surface area contributed by atoms with E-state index in [-0.39, 0.29) is 97.1 Å². The number of carbonyl (C=O) groups excluding carboxylic acids is 13. The molecule has 0 unspecified atom stereocenters. The van der Waals surface area contributed by atoms with Crippen LogP contribution in [-0.2, 0) is 95.4 Å². The number of piperidine rings is 5. The maximum absolute atomic E-state index is 12.8. The monoisotopic (exact) mass is 1780 g/mol. The molecule has 0 spiro atoms. The van der Waals surface area contributed by atoms with Gasteiger partial charge in [-0.05, 0) is 140 Å². The van der Waals surface area contributed by atoms with Crippen molar-refractivity contribution in [3.05, 3.63) is 71.8 Å². The number of carbonyl (C=O) groups is 14. The molecule has 0 aliphatic carbocycles. The minimum Gasteiger partial charge on any atom is -0.480 e. The number of nitrogens with two attached hydrogens (primary N) is 1. The average Bonchev–Trinajstić information content (AvgIpc) is 1.65. The van der Waals surface area contributed by atoms with Crippen molar-refractivity contribution >= 4 is 135 Å². The summed E-state index contributed by atoms with van der Waals surface area (Å²) in [6, 6.07) is 12.7. The zero-order chi connectivity index (χ0) is 89.4. The van der Waals surface area contributed by atoms with Gasteiger partial charge in [-0.15, -0.1) is 8.57 Å². The van der Waals surface area contributed by atoms with Crippen molar-refractivity contribution in [2.24, 2.45) is 5.73 Å². The molecule has 0 saturated carbocycles. The van der Waals surface area contributed by atoms with Crippen LogP contribution in [-0.4, -0.2) is 408 Å². The highest BCUT2D eigenvalue weighted by atomic mass is 32.3. The quantitative estimate of drug-likeness (QED) is 0.0175. The van der Waals surface area contributed by atoms with Crippen LogP contribution in [0.15, 0.2) is 60.7 Å². The van der Waals surface area contributed by atoms with Crippen LogP contribution < -0.4 is 32.3 Å². The molecule has 125 heavy (non-hydrogen) atoms. The predicted octanol–water partition coefficient (Wildman–Crippen LogP) is -4.21. The van der Waals surface area contributed by atoms with E-state index in [2.05, 4.69) is 35.2 Å². The van der Waals surface area contributed by atoms with Crippen molar-refractivity contribution in [3.8, 4) is 0 Å². The molecule has 11 N–H and O–H groups in total. The molecule has 17 rings (SSSR count). The highest BCUT2D eigenvalue weighted by Gasteiger charge is 2.54. The maximum atomic E-state index is 12.8. The van der Waals surface area contributed by atoms with Gasteiger partial charge in [0.2, 0.25) is 23.6 Å². The number of benzene rings is 2. The first-order valence-electron chi connectivity index (χ1n) is 41.7. The number of hydroxylamine groups is 10. The van der Waals surface area contributed by atoms with Crippen LogP contribution in [0.5, 0.6) is 0 Å². The average molecular weight is 1790 g/mol. The topological polar surface area (TPSA) is 557 Å². The van der Waals surface area contributed by atoms with E-state index in [0.717, 1.165) is 99.6 Å². The van der Waals surface area contributed by atoms with Crippen LogP contribution in [0.3, 0.4) is 0 Å². The number of fused-ring (bicyclic) bond motifs is 10. The van der Waals surface area contributed by atoms with Crippen LogP contribution in [0.25, 0.3) is 0 Å². The molecule has 2 aromatic rings. The van der Waals surface area contributed by atoms with Crippen LogP contribution >= 0.6 is 0 Å². The second kappa shape index (κ2) is 43.3. The number of urea groups is 5. The number of hydrogen-bond acceptors (Lipinski definition) is 29. The van der Waals surface area contributed by atoms with Gasteiger partial charge in [0.05, 0.1) is 55.0 Å². The normalized spacial score (nSPS) is 29.1. The van der Waals surface area contributed by atoms with Gasteiger partial charge in [0, 0.05) is 95.7 Å². The lowest BCUT2D eigenvalue weighted by Gasteiger charge is -2.30. The van der Waals surface area contributed by atoms with Gasteiger partial charge in [-0.2, -0.15) is 37.1 Å². The molecule has 15 fully saturated rings. The second-order valence-corrected chi connectivity index (χ2v) is 34.8. The summed E-state index contributed by atoms with van der Waals surface area (Å²) in [5.74, 6) is -1.79. The lowest BCUT2D eigenvalue weighted by Crippen LogP contribution is -2.52. The number of rotatable bonds is 27. The molecule has 15 aliphatic heterocycles. The molecule has 2 aromatic carbocycles. The van der Waals surface area contributed by atoms with Crippen LogP contribution in [0.1, 0.15) is 107 Å². The summed E-state index contributed by atoms with van der Waals surface area (Å²) in [5.41, 5.74) is 7.56. The van der Waals surface area contributed by atoms with Gasteiger partial charge in [0.25, 0.3) is 29.7 Å². The van der Waals surface area contributed by atoms with Gasteiger partial charge in [-0.25, -0.2) is 33.8 Å². The standard InChI is InChI=1S/C19H24BN4O4.C14H16N2O4.C12H18BN4O7S.C12H18BN4O4.C11H18N4O6S.C5H10BN2O/c25-13-20-22-9-8-15(10-22)21-18(26)17-7-6-16-11-23(17)19(27)24(16)28-12-14-4-2-1-3-5-14;17-13(18)12-7-6-11-8-15(12)14(19)16(11)20-9-10-4-2-1-3-5-10;18-7-13-15-4-3-8(5-15)14-11(19)10-2-1-9-6-16(10)12(20)17(9)24-25(21,22)23;18-7-13-15-4-3-8(5-15)14-11(19)10-2-1-9-6-16(10)12(20)17(9)21;16-10(13-7-3-4-12-5-7)9-2-1-8-6-14(9)11(17)15(8)21-22(18,19)20;7-5-1-2-8(3-5)6-4-9/h1-5,13,15-17H,6-12H2,(H,21,26);1-5,11-12H,6-9H2,(H,17,18);7-10H,1-6H2,(H,14,19)(H,21,22,23);7-10,21H,1-6H2,(H,14,19);7-9,12H,1-6H2,(H,13,16)(H,18,19,20);4-5H,1-3,7H2/t15-,16+,17-;11-,12+;2*8-,9+,10-;7-,8+,9-;5-/m010000/s1. The van der Waals surface area contributed by atoms with E-state index in [1.165, 1.54) is 52.0 Å². The maximum Gasteiger partial charge on any atom is 0.418 e. The van der Waals surface area contributed by atoms with Gasteiger partial charge in [-0.1, -0.05) is 60.7 Å². The van der Waals surface area contributed by atoms with Gasteiger partial charge in [0.15, 0.2) is 0 Å². The summed E-state index contributed by atoms with van der Waals surface area (Å²) in [5, 5.41) is 38.4. The Kier molecular flexibility index (Phi) is 32.8. The van der Waals surface area contributed by atoms with E-state index >= 15 is 0 Å². The van der Waals surface area contributed by atoms with E-state index in [1.54, 1.807) is 17.1 Å². The predicted molar refractivity (Wildman–Crippen MR) is 439 cm³/mol. The van der Waals surface area contributed by atoms with Crippen LogP contribution in [0.2, 0.25) is 0 Å². The summed E-state index contributed by atoms with van der Waals surface area (Å²) >= 11 is 0. The Bertz CT molecular complexity index is 4430. The molecule has 0 aromatic heterocycles. The largest absolute Gasteiger partial charge is 0.480 e. The van der Waals surface area contributed by atoms with Gasteiger partial charge >= 0.3 is 56.9 Å². The Balaban J connectivity index is 0.000000139. The van der Waals surface area contributed by atoms with Crippen molar-refractivity contribution in [1.82, 2.24) is 95.6 Å². The minimum absolute atomic E-state index is 0.00422.